The van der Waals surface area contributed by atoms with Crippen LogP contribution in [0, 0.1) is 5.92 Å². The fraction of sp³-hybridized carbons (Fsp3) is 0.692. The molecular weight excluding hydrogens is 292 g/mol. The van der Waals surface area contributed by atoms with Gasteiger partial charge in [-0.25, -0.2) is 12.7 Å². The summed E-state index contributed by atoms with van der Waals surface area (Å²) in [7, 11) is -3.15. The molecular formula is C13H22N4O3S. The summed E-state index contributed by atoms with van der Waals surface area (Å²) >= 11 is 0. The number of hydrogen-bond donors (Lipinski definition) is 2. The molecule has 1 aliphatic heterocycles. The van der Waals surface area contributed by atoms with E-state index in [2.05, 4.69) is 15.5 Å². The molecule has 1 saturated heterocycles. The fourth-order valence-corrected chi connectivity index (χ4v) is 3.62. The molecule has 0 atom stereocenters. The van der Waals surface area contributed by atoms with Gasteiger partial charge < -0.3 is 5.32 Å². The Morgan fingerprint density at radius 1 is 1.43 bits per heavy atom. The van der Waals surface area contributed by atoms with E-state index < -0.39 is 10.0 Å². The molecule has 1 amide bonds. The molecule has 1 aliphatic rings. The van der Waals surface area contributed by atoms with Crippen molar-refractivity contribution in [1.29, 1.82) is 0 Å². The van der Waals surface area contributed by atoms with E-state index in [0.29, 0.717) is 31.7 Å². The van der Waals surface area contributed by atoms with Crippen LogP contribution < -0.4 is 5.32 Å². The van der Waals surface area contributed by atoms with E-state index in [1.54, 1.807) is 13.1 Å². The van der Waals surface area contributed by atoms with Gasteiger partial charge in [-0.3, -0.25) is 9.89 Å². The molecule has 0 unspecified atom stereocenters. The van der Waals surface area contributed by atoms with Gasteiger partial charge in [0.1, 0.15) is 5.82 Å². The van der Waals surface area contributed by atoms with E-state index in [1.807, 2.05) is 6.92 Å². The number of piperidine rings is 1. The second-order valence-electron chi connectivity index (χ2n) is 5.19. The van der Waals surface area contributed by atoms with Crippen LogP contribution in [0.25, 0.3) is 0 Å². The van der Waals surface area contributed by atoms with Crippen molar-refractivity contribution >= 4 is 21.7 Å². The number of hydrogen-bond acceptors (Lipinski definition) is 4. The first-order chi connectivity index (χ1) is 9.97. The summed E-state index contributed by atoms with van der Waals surface area (Å²) in [6.07, 6.45) is 3.60. The van der Waals surface area contributed by atoms with E-state index >= 15 is 0 Å². The second-order valence-corrected chi connectivity index (χ2v) is 7.44. The van der Waals surface area contributed by atoms with Crippen LogP contribution in [0.4, 0.5) is 5.82 Å². The molecule has 0 aliphatic carbocycles. The zero-order chi connectivity index (χ0) is 15.5. The normalized spacial score (nSPS) is 17.8. The number of carbonyl (C=O) groups excluding carboxylic acids is 1. The molecule has 0 spiro atoms. The highest BCUT2D eigenvalue weighted by atomic mass is 32.2. The first kappa shape index (κ1) is 16.0. The van der Waals surface area contributed by atoms with Crippen molar-refractivity contribution in [2.24, 2.45) is 5.92 Å². The first-order valence-corrected chi connectivity index (χ1v) is 8.89. The quantitative estimate of drug-likeness (QED) is 0.846. The van der Waals surface area contributed by atoms with E-state index in [1.165, 1.54) is 4.31 Å². The lowest BCUT2D eigenvalue weighted by Crippen LogP contribution is -2.42. The Hall–Kier alpha value is -1.41. The highest BCUT2D eigenvalue weighted by molar-refractivity contribution is 7.89. The average molecular weight is 314 g/mol. The van der Waals surface area contributed by atoms with Crippen LogP contribution in [0.1, 0.15) is 32.3 Å². The molecule has 0 radical (unpaired) electrons. The third kappa shape index (κ3) is 3.62. The van der Waals surface area contributed by atoms with Gasteiger partial charge in [-0.05, 0) is 26.2 Å². The smallest absolute Gasteiger partial charge is 0.228 e. The molecule has 1 aromatic heterocycles. The molecule has 2 rings (SSSR count). The maximum Gasteiger partial charge on any atom is 0.228 e. The van der Waals surface area contributed by atoms with Crippen molar-refractivity contribution in [3.05, 3.63) is 11.8 Å². The van der Waals surface area contributed by atoms with Gasteiger partial charge in [-0.2, -0.15) is 5.10 Å². The van der Waals surface area contributed by atoms with Crippen LogP contribution in [0.2, 0.25) is 0 Å². The Bertz CT molecular complexity index is 588. The Labute approximate surface area is 125 Å². The van der Waals surface area contributed by atoms with Crippen molar-refractivity contribution in [1.82, 2.24) is 14.5 Å². The predicted octanol–water partition coefficient (Wildman–Crippen LogP) is 0.972. The summed E-state index contributed by atoms with van der Waals surface area (Å²) in [5.41, 5.74) is 0.967. The lowest BCUT2D eigenvalue weighted by Gasteiger charge is -2.30. The molecule has 0 saturated carbocycles. The zero-order valence-corrected chi connectivity index (χ0v) is 13.2. The molecule has 1 fully saturated rings. The van der Waals surface area contributed by atoms with Gasteiger partial charge in [0.25, 0.3) is 0 Å². The van der Waals surface area contributed by atoms with Crippen molar-refractivity contribution in [2.75, 3.05) is 24.2 Å². The Balaban J connectivity index is 1.92. The van der Waals surface area contributed by atoms with Crippen LogP contribution in [-0.4, -0.2) is 47.7 Å². The summed E-state index contributed by atoms with van der Waals surface area (Å²) in [5.74, 6) is 0.535. The van der Waals surface area contributed by atoms with Gasteiger partial charge in [0.15, 0.2) is 0 Å². The van der Waals surface area contributed by atoms with Crippen molar-refractivity contribution in [3.8, 4) is 0 Å². The number of amides is 1. The number of carbonyl (C=O) groups is 1. The number of rotatable bonds is 5. The van der Waals surface area contributed by atoms with Gasteiger partial charge >= 0.3 is 0 Å². The number of nitrogens with zero attached hydrogens (tertiary/aromatic N) is 2. The minimum Gasteiger partial charge on any atom is -0.311 e. The number of aromatic amines is 1. The lowest BCUT2D eigenvalue weighted by atomic mass is 9.97. The van der Waals surface area contributed by atoms with Crippen molar-refractivity contribution in [2.45, 2.75) is 33.1 Å². The number of aromatic nitrogens is 2. The van der Waals surface area contributed by atoms with Crippen molar-refractivity contribution < 1.29 is 13.2 Å². The number of anilines is 1. The first-order valence-electron chi connectivity index (χ1n) is 7.28. The van der Waals surface area contributed by atoms with Crippen molar-refractivity contribution in [3.63, 3.8) is 0 Å². The largest absolute Gasteiger partial charge is 0.311 e. The highest BCUT2D eigenvalue weighted by Gasteiger charge is 2.30. The van der Waals surface area contributed by atoms with Gasteiger partial charge in [-0.15, -0.1) is 0 Å². The van der Waals surface area contributed by atoms with E-state index in [-0.39, 0.29) is 17.6 Å². The highest BCUT2D eigenvalue weighted by Crippen LogP contribution is 2.22. The second kappa shape index (κ2) is 6.57. The number of sulfonamides is 1. The number of H-pyrrole nitrogens is 1. The molecule has 2 heterocycles. The van der Waals surface area contributed by atoms with Gasteiger partial charge in [-0.1, -0.05) is 6.92 Å². The molecule has 8 heteroatoms. The summed E-state index contributed by atoms with van der Waals surface area (Å²) in [6.45, 7) is 4.46. The third-order valence-electron chi connectivity index (χ3n) is 3.93. The number of nitrogens with one attached hydrogen (secondary N) is 2. The zero-order valence-electron chi connectivity index (χ0n) is 12.4. The number of aryl methyl sites for hydroxylation is 1. The predicted molar refractivity (Wildman–Crippen MR) is 80.4 cm³/mol. The molecule has 21 heavy (non-hydrogen) atoms. The maximum absolute atomic E-state index is 12.2. The Kier molecular flexibility index (Phi) is 5.00. The summed E-state index contributed by atoms with van der Waals surface area (Å²) in [6, 6.07) is 0. The van der Waals surface area contributed by atoms with Crippen LogP contribution in [0.15, 0.2) is 6.20 Å². The van der Waals surface area contributed by atoms with Gasteiger partial charge in [0.05, 0.1) is 11.9 Å². The topological polar surface area (TPSA) is 95.2 Å². The van der Waals surface area contributed by atoms with Crippen LogP contribution in [-0.2, 0) is 21.2 Å². The summed E-state index contributed by atoms with van der Waals surface area (Å²) in [5, 5.41) is 9.55. The fourth-order valence-electron chi connectivity index (χ4n) is 2.49. The molecule has 0 bridgehead atoms. The monoisotopic (exact) mass is 314 g/mol. The van der Waals surface area contributed by atoms with E-state index in [4.69, 9.17) is 0 Å². The van der Waals surface area contributed by atoms with Crippen LogP contribution in [0.5, 0.6) is 0 Å². The summed E-state index contributed by atoms with van der Waals surface area (Å²) < 4.78 is 25.0. The molecule has 118 valence electrons. The van der Waals surface area contributed by atoms with Gasteiger partial charge in [0.2, 0.25) is 15.9 Å². The Morgan fingerprint density at radius 3 is 2.67 bits per heavy atom. The SMILES string of the molecule is CCc1cn[nH]c1NC(=O)C1CCN(S(=O)(=O)CC)CC1. The summed E-state index contributed by atoms with van der Waals surface area (Å²) in [4.78, 5) is 12.2. The minimum atomic E-state index is -3.15. The van der Waals surface area contributed by atoms with E-state index in [9.17, 15) is 13.2 Å². The third-order valence-corrected chi connectivity index (χ3v) is 5.81. The molecule has 0 aromatic carbocycles. The van der Waals surface area contributed by atoms with Crippen LogP contribution >= 0.6 is 0 Å². The standard InChI is InChI=1S/C13H22N4O3S/c1-3-10-9-14-16-12(10)15-13(18)11-5-7-17(8-6-11)21(19,20)4-2/h9,11H,3-8H2,1-2H3,(H2,14,15,16,18). The molecule has 7 nitrogen and oxygen atoms in total. The minimum absolute atomic E-state index is 0.0671. The maximum atomic E-state index is 12.2. The molecule has 2 N–H and O–H groups in total. The Morgan fingerprint density at radius 2 is 2.10 bits per heavy atom. The van der Waals surface area contributed by atoms with Gasteiger partial charge in [0, 0.05) is 24.6 Å². The lowest BCUT2D eigenvalue weighted by molar-refractivity contribution is -0.120. The molecule has 1 aromatic rings. The average Bonchev–Trinajstić information content (AvgIpc) is 2.94. The van der Waals surface area contributed by atoms with E-state index in [0.717, 1.165) is 12.0 Å². The van der Waals surface area contributed by atoms with Crippen LogP contribution in [0.3, 0.4) is 0 Å².